The van der Waals surface area contributed by atoms with Gasteiger partial charge in [0.05, 0.1) is 5.75 Å². The second kappa shape index (κ2) is 5.32. The maximum absolute atomic E-state index is 11.7. The Kier molecular flexibility index (Phi) is 3.97. The molecule has 18 heavy (non-hydrogen) atoms. The van der Waals surface area contributed by atoms with E-state index in [2.05, 4.69) is 21.2 Å². The van der Waals surface area contributed by atoms with Crippen molar-refractivity contribution in [3.05, 3.63) is 28.7 Å². The molecule has 1 aromatic carbocycles. The lowest BCUT2D eigenvalue weighted by atomic mass is 10.3. The predicted molar refractivity (Wildman–Crippen MR) is 72.6 cm³/mol. The average molecular weight is 330 g/mol. The smallest absolute Gasteiger partial charge is 0.329 e. The largest absolute Gasteiger partial charge is 0.480 e. The van der Waals surface area contributed by atoms with Crippen molar-refractivity contribution < 1.29 is 14.7 Å². The number of amides is 1. The highest BCUT2D eigenvalue weighted by molar-refractivity contribution is 9.10. The number of halogens is 1. The van der Waals surface area contributed by atoms with Crippen LogP contribution >= 0.6 is 27.7 Å². The van der Waals surface area contributed by atoms with Gasteiger partial charge in [-0.15, -0.1) is 11.8 Å². The molecule has 6 heteroatoms. The minimum Gasteiger partial charge on any atom is -0.480 e. The maximum atomic E-state index is 11.7. The lowest BCUT2D eigenvalue weighted by Gasteiger charge is -2.12. The molecule has 2 rings (SSSR count). The Morgan fingerprint density at radius 1 is 1.44 bits per heavy atom. The SMILES string of the molecule is O=C(CSc1cccc(Br)c1)NC1(C(=O)O)CC1. The van der Waals surface area contributed by atoms with Crippen molar-refractivity contribution in [3.8, 4) is 0 Å². The van der Waals surface area contributed by atoms with Crippen LogP contribution < -0.4 is 5.32 Å². The Morgan fingerprint density at radius 3 is 2.72 bits per heavy atom. The number of carbonyl (C=O) groups excluding carboxylic acids is 1. The molecule has 1 saturated carbocycles. The zero-order chi connectivity index (χ0) is 13.2. The summed E-state index contributed by atoms with van der Waals surface area (Å²) in [6.07, 6.45) is 1.05. The van der Waals surface area contributed by atoms with Crippen LogP contribution in [-0.4, -0.2) is 28.3 Å². The van der Waals surface area contributed by atoms with Gasteiger partial charge in [-0.3, -0.25) is 4.79 Å². The summed E-state index contributed by atoms with van der Waals surface area (Å²) in [5, 5.41) is 11.5. The summed E-state index contributed by atoms with van der Waals surface area (Å²) in [4.78, 5) is 23.5. The van der Waals surface area contributed by atoms with Crippen LogP contribution in [0.15, 0.2) is 33.6 Å². The van der Waals surface area contributed by atoms with Gasteiger partial charge in [-0.1, -0.05) is 22.0 Å². The van der Waals surface area contributed by atoms with Gasteiger partial charge in [-0.2, -0.15) is 0 Å². The van der Waals surface area contributed by atoms with E-state index >= 15 is 0 Å². The first-order valence-electron chi connectivity index (χ1n) is 5.45. The van der Waals surface area contributed by atoms with E-state index < -0.39 is 11.5 Å². The minimum atomic E-state index is -0.991. The molecule has 0 atom stereocenters. The lowest BCUT2D eigenvalue weighted by Crippen LogP contribution is -2.43. The van der Waals surface area contributed by atoms with E-state index in [1.54, 1.807) is 0 Å². The summed E-state index contributed by atoms with van der Waals surface area (Å²) in [6, 6.07) is 7.63. The highest BCUT2D eigenvalue weighted by Gasteiger charge is 2.51. The zero-order valence-electron chi connectivity index (χ0n) is 9.48. The summed E-state index contributed by atoms with van der Waals surface area (Å²) < 4.78 is 0.956. The van der Waals surface area contributed by atoms with Crippen LogP contribution in [-0.2, 0) is 9.59 Å². The van der Waals surface area contributed by atoms with Gasteiger partial charge in [-0.25, -0.2) is 4.79 Å². The van der Waals surface area contributed by atoms with Gasteiger partial charge in [0.1, 0.15) is 5.54 Å². The molecule has 0 saturated heterocycles. The number of rotatable bonds is 5. The molecule has 4 nitrogen and oxygen atoms in total. The first-order valence-corrected chi connectivity index (χ1v) is 7.22. The highest BCUT2D eigenvalue weighted by Crippen LogP contribution is 2.35. The molecule has 96 valence electrons. The number of carbonyl (C=O) groups is 2. The van der Waals surface area contributed by atoms with E-state index in [1.165, 1.54) is 11.8 Å². The van der Waals surface area contributed by atoms with Crippen molar-refractivity contribution in [1.29, 1.82) is 0 Å². The van der Waals surface area contributed by atoms with E-state index in [9.17, 15) is 9.59 Å². The molecular weight excluding hydrogens is 318 g/mol. The number of hydrogen-bond acceptors (Lipinski definition) is 3. The summed E-state index contributed by atoms with van der Waals surface area (Å²) in [7, 11) is 0. The Labute approximate surface area is 117 Å². The average Bonchev–Trinajstić information content (AvgIpc) is 3.08. The summed E-state index contributed by atoms with van der Waals surface area (Å²) in [6.45, 7) is 0. The molecule has 1 aliphatic carbocycles. The third-order valence-corrected chi connectivity index (χ3v) is 4.19. The summed E-state index contributed by atoms with van der Waals surface area (Å²) in [5.74, 6) is -0.950. The van der Waals surface area contributed by atoms with Crippen molar-refractivity contribution in [2.75, 3.05) is 5.75 Å². The summed E-state index contributed by atoms with van der Waals surface area (Å²) in [5.41, 5.74) is -0.991. The predicted octanol–water partition coefficient (Wildman–Crippen LogP) is 2.27. The van der Waals surface area contributed by atoms with Gasteiger partial charge in [0.15, 0.2) is 0 Å². The lowest BCUT2D eigenvalue weighted by molar-refractivity contribution is -0.142. The fourth-order valence-electron chi connectivity index (χ4n) is 1.53. The number of benzene rings is 1. The quantitative estimate of drug-likeness (QED) is 0.813. The molecular formula is C12H12BrNO3S. The van der Waals surface area contributed by atoms with Crippen molar-refractivity contribution in [1.82, 2.24) is 5.32 Å². The third-order valence-electron chi connectivity index (χ3n) is 2.70. The van der Waals surface area contributed by atoms with Gasteiger partial charge in [0, 0.05) is 9.37 Å². The first kappa shape index (κ1) is 13.4. The summed E-state index contributed by atoms with van der Waals surface area (Å²) >= 11 is 4.74. The van der Waals surface area contributed by atoms with Gasteiger partial charge in [0.25, 0.3) is 0 Å². The van der Waals surface area contributed by atoms with Crippen LogP contribution in [0.25, 0.3) is 0 Å². The van der Waals surface area contributed by atoms with Crippen LogP contribution in [0.1, 0.15) is 12.8 Å². The van der Waals surface area contributed by atoms with E-state index in [0.29, 0.717) is 12.8 Å². The number of carboxylic acid groups (broad SMARTS) is 1. The second-order valence-corrected chi connectivity index (χ2v) is 6.15. The van der Waals surface area contributed by atoms with E-state index in [1.807, 2.05) is 24.3 Å². The van der Waals surface area contributed by atoms with Crippen LogP contribution in [0.4, 0.5) is 0 Å². The van der Waals surface area contributed by atoms with Crippen molar-refractivity contribution in [2.24, 2.45) is 0 Å². The molecule has 1 aliphatic rings. The minimum absolute atomic E-state index is 0.228. The molecule has 0 heterocycles. The normalized spacial score (nSPS) is 16.1. The molecule has 1 amide bonds. The number of nitrogens with one attached hydrogen (secondary N) is 1. The topological polar surface area (TPSA) is 66.4 Å². The van der Waals surface area contributed by atoms with Gasteiger partial charge in [0.2, 0.25) is 5.91 Å². The molecule has 0 aromatic heterocycles. The van der Waals surface area contributed by atoms with Crippen molar-refractivity contribution >= 4 is 39.6 Å². The van der Waals surface area contributed by atoms with Crippen LogP contribution in [0.2, 0.25) is 0 Å². The van der Waals surface area contributed by atoms with Crippen molar-refractivity contribution in [3.63, 3.8) is 0 Å². The molecule has 0 spiro atoms. The molecule has 0 bridgehead atoms. The maximum Gasteiger partial charge on any atom is 0.329 e. The van der Waals surface area contributed by atoms with Gasteiger partial charge in [-0.05, 0) is 31.0 Å². The highest BCUT2D eigenvalue weighted by atomic mass is 79.9. The molecule has 1 fully saturated rings. The van der Waals surface area contributed by atoms with Crippen molar-refractivity contribution in [2.45, 2.75) is 23.3 Å². The molecule has 0 radical (unpaired) electrons. The van der Waals surface area contributed by atoms with E-state index in [0.717, 1.165) is 9.37 Å². The Morgan fingerprint density at radius 2 is 2.17 bits per heavy atom. The third kappa shape index (κ3) is 3.26. The zero-order valence-corrected chi connectivity index (χ0v) is 11.9. The molecule has 0 aliphatic heterocycles. The first-order chi connectivity index (χ1) is 8.52. The fourth-order valence-corrected chi connectivity index (χ4v) is 2.83. The number of thioether (sulfide) groups is 1. The molecule has 2 N–H and O–H groups in total. The molecule has 1 aromatic rings. The fraction of sp³-hybridized carbons (Fsp3) is 0.333. The second-order valence-electron chi connectivity index (χ2n) is 4.18. The van der Waals surface area contributed by atoms with Crippen LogP contribution in [0.5, 0.6) is 0 Å². The standard InChI is InChI=1S/C12H12BrNO3S/c13-8-2-1-3-9(6-8)18-7-10(15)14-12(4-5-12)11(16)17/h1-3,6H,4-5,7H2,(H,14,15)(H,16,17). The van der Waals surface area contributed by atoms with E-state index in [-0.39, 0.29) is 11.7 Å². The van der Waals surface area contributed by atoms with E-state index in [4.69, 9.17) is 5.11 Å². The van der Waals surface area contributed by atoms with Crippen LogP contribution in [0, 0.1) is 0 Å². The monoisotopic (exact) mass is 329 g/mol. The Hall–Kier alpha value is -1.01. The number of aliphatic carboxylic acids is 1. The molecule has 0 unspecified atom stereocenters. The number of hydrogen-bond donors (Lipinski definition) is 2. The number of carboxylic acids is 1. The Balaban J connectivity index is 1.84. The van der Waals surface area contributed by atoms with Crippen LogP contribution in [0.3, 0.4) is 0 Å². The Bertz CT molecular complexity index is 488. The van der Waals surface area contributed by atoms with Gasteiger partial charge >= 0.3 is 5.97 Å². The van der Waals surface area contributed by atoms with Gasteiger partial charge < -0.3 is 10.4 Å².